The minimum absolute atomic E-state index is 0.0205. The van der Waals surface area contributed by atoms with Crippen LogP contribution in [-0.4, -0.2) is 25.7 Å². The normalized spacial score (nSPS) is 11.5. The van der Waals surface area contributed by atoms with Crippen LogP contribution in [0.4, 0.5) is 4.39 Å². The number of hydrogen-bond acceptors (Lipinski definition) is 6. The molecule has 0 bridgehead atoms. The lowest BCUT2D eigenvalue weighted by atomic mass is 10.2. The van der Waals surface area contributed by atoms with Gasteiger partial charge in [0.05, 0.1) is 19.2 Å². The van der Waals surface area contributed by atoms with E-state index in [9.17, 15) is 12.8 Å². The Balaban J connectivity index is 1.79. The lowest BCUT2D eigenvalue weighted by Gasteiger charge is -2.10. The van der Waals surface area contributed by atoms with Crippen molar-refractivity contribution in [3.63, 3.8) is 0 Å². The van der Waals surface area contributed by atoms with E-state index in [1.54, 1.807) is 6.07 Å². The zero-order chi connectivity index (χ0) is 18.7. The second kappa shape index (κ2) is 7.40. The average Bonchev–Trinajstić information content (AvgIpc) is 3.09. The minimum Gasteiger partial charge on any atom is -0.495 e. The van der Waals surface area contributed by atoms with Crippen molar-refractivity contribution in [3.8, 4) is 17.2 Å². The standard InChI is InChI=1S/C16H13ClFN3O4S/c1-24-13-7-6-10(17)8-14(13)26(22,23)19-9-15-20-21-16(25-15)11-4-2-3-5-12(11)18/h2-8,19H,9H2,1H3. The molecule has 1 N–H and O–H groups in total. The Bertz CT molecular complexity index is 1040. The molecule has 0 saturated heterocycles. The molecule has 10 heteroatoms. The van der Waals surface area contributed by atoms with Crippen LogP contribution in [0.5, 0.6) is 5.75 Å². The van der Waals surface area contributed by atoms with Crippen molar-refractivity contribution in [2.75, 3.05) is 7.11 Å². The molecule has 136 valence electrons. The second-order valence-corrected chi connectivity index (χ2v) is 7.27. The number of hydrogen-bond donors (Lipinski definition) is 1. The number of nitrogens with one attached hydrogen (secondary N) is 1. The fraction of sp³-hybridized carbons (Fsp3) is 0.125. The molecular weight excluding hydrogens is 385 g/mol. The van der Waals surface area contributed by atoms with Gasteiger partial charge in [-0.2, -0.15) is 0 Å². The molecule has 0 fully saturated rings. The Hall–Kier alpha value is -2.49. The molecule has 0 aliphatic carbocycles. The SMILES string of the molecule is COc1ccc(Cl)cc1S(=O)(=O)NCc1nnc(-c2ccccc2F)o1. The van der Waals surface area contributed by atoms with E-state index < -0.39 is 15.8 Å². The molecule has 3 aromatic rings. The van der Waals surface area contributed by atoms with Crippen LogP contribution in [-0.2, 0) is 16.6 Å². The van der Waals surface area contributed by atoms with Crippen LogP contribution in [0, 0.1) is 5.82 Å². The van der Waals surface area contributed by atoms with E-state index in [0.717, 1.165) is 0 Å². The molecule has 1 aromatic heterocycles. The van der Waals surface area contributed by atoms with E-state index in [1.165, 1.54) is 43.5 Å². The average molecular weight is 398 g/mol. The highest BCUT2D eigenvalue weighted by atomic mass is 35.5. The summed E-state index contributed by atoms with van der Waals surface area (Å²) in [7, 11) is -2.60. The molecular formula is C16H13ClFN3O4S. The lowest BCUT2D eigenvalue weighted by Crippen LogP contribution is -2.24. The van der Waals surface area contributed by atoms with E-state index in [-0.39, 0.29) is 39.6 Å². The molecule has 2 aromatic carbocycles. The summed E-state index contributed by atoms with van der Waals surface area (Å²) in [5.41, 5.74) is 0.130. The number of aromatic nitrogens is 2. The Labute approximate surface area is 153 Å². The zero-order valence-corrected chi connectivity index (χ0v) is 15.0. The molecule has 0 spiro atoms. The van der Waals surface area contributed by atoms with Crippen molar-refractivity contribution in [1.82, 2.24) is 14.9 Å². The summed E-state index contributed by atoms with van der Waals surface area (Å²) in [6, 6.07) is 10.1. The Morgan fingerprint density at radius 3 is 2.73 bits per heavy atom. The van der Waals surface area contributed by atoms with Gasteiger partial charge in [0, 0.05) is 5.02 Å². The van der Waals surface area contributed by atoms with Crippen molar-refractivity contribution in [2.24, 2.45) is 0 Å². The first-order valence-electron chi connectivity index (χ1n) is 7.31. The van der Waals surface area contributed by atoms with Gasteiger partial charge in [-0.05, 0) is 30.3 Å². The van der Waals surface area contributed by atoms with Gasteiger partial charge in [0.15, 0.2) is 0 Å². The molecule has 26 heavy (non-hydrogen) atoms. The third-order valence-corrected chi connectivity index (χ3v) is 5.06. The van der Waals surface area contributed by atoms with E-state index in [1.807, 2.05) is 0 Å². The van der Waals surface area contributed by atoms with Gasteiger partial charge in [0.1, 0.15) is 16.5 Å². The molecule has 1 heterocycles. The first-order valence-corrected chi connectivity index (χ1v) is 9.17. The number of ether oxygens (including phenoxy) is 1. The number of nitrogens with zero attached hydrogens (tertiary/aromatic N) is 2. The van der Waals surface area contributed by atoms with Crippen LogP contribution in [0.25, 0.3) is 11.5 Å². The monoisotopic (exact) mass is 397 g/mol. The largest absolute Gasteiger partial charge is 0.495 e. The van der Waals surface area contributed by atoms with E-state index in [0.29, 0.717) is 0 Å². The van der Waals surface area contributed by atoms with Gasteiger partial charge >= 0.3 is 0 Å². The molecule has 0 amide bonds. The third kappa shape index (κ3) is 3.85. The van der Waals surface area contributed by atoms with Crippen molar-refractivity contribution in [3.05, 3.63) is 59.2 Å². The molecule has 0 unspecified atom stereocenters. The van der Waals surface area contributed by atoms with Crippen molar-refractivity contribution >= 4 is 21.6 Å². The molecule has 0 saturated carbocycles. The van der Waals surface area contributed by atoms with Gasteiger partial charge in [-0.1, -0.05) is 23.7 Å². The molecule has 0 atom stereocenters. The van der Waals surface area contributed by atoms with Gasteiger partial charge in [-0.15, -0.1) is 10.2 Å². The maximum absolute atomic E-state index is 13.7. The fourth-order valence-corrected chi connectivity index (χ4v) is 3.57. The van der Waals surface area contributed by atoms with Crippen molar-refractivity contribution < 1.29 is 22.0 Å². The van der Waals surface area contributed by atoms with Crippen molar-refractivity contribution in [2.45, 2.75) is 11.4 Å². The molecule has 3 rings (SSSR count). The smallest absolute Gasteiger partial charge is 0.250 e. The van der Waals surface area contributed by atoms with Crippen molar-refractivity contribution in [1.29, 1.82) is 0 Å². The lowest BCUT2D eigenvalue weighted by molar-refractivity contribution is 0.402. The minimum atomic E-state index is -3.95. The van der Waals surface area contributed by atoms with Gasteiger partial charge in [0.2, 0.25) is 15.9 Å². The maximum atomic E-state index is 13.7. The summed E-state index contributed by atoms with van der Waals surface area (Å²) in [5.74, 6) is -0.447. The van der Waals surface area contributed by atoms with Gasteiger partial charge in [-0.3, -0.25) is 0 Å². The number of methoxy groups -OCH3 is 1. The summed E-state index contributed by atoms with van der Waals surface area (Å²) in [6.07, 6.45) is 0. The fourth-order valence-electron chi connectivity index (χ4n) is 2.16. The van der Waals surface area contributed by atoms with Crippen LogP contribution < -0.4 is 9.46 Å². The van der Waals surface area contributed by atoms with Gasteiger partial charge in [-0.25, -0.2) is 17.5 Å². The molecule has 7 nitrogen and oxygen atoms in total. The third-order valence-electron chi connectivity index (χ3n) is 3.40. The highest BCUT2D eigenvalue weighted by Crippen LogP contribution is 2.27. The molecule has 0 aliphatic rings. The van der Waals surface area contributed by atoms with Gasteiger partial charge < -0.3 is 9.15 Å². The van der Waals surface area contributed by atoms with Gasteiger partial charge in [0.25, 0.3) is 5.89 Å². The first kappa shape index (κ1) is 18.3. The Morgan fingerprint density at radius 2 is 2.00 bits per heavy atom. The highest BCUT2D eigenvalue weighted by Gasteiger charge is 2.21. The number of halogens is 2. The van der Waals surface area contributed by atoms with E-state index in [4.69, 9.17) is 20.8 Å². The summed E-state index contributed by atoms with van der Waals surface area (Å²) in [6.45, 7) is -0.278. The summed E-state index contributed by atoms with van der Waals surface area (Å²) >= 11 is 5.86. The molecule has 0 aliphatic heterocycles. The van der Waals surface area contributed by atoms with Crippen LogP contribution >= 0.6 is 11.6 Å². The molecule has 0 radical (unpaired) electrons. The van der Waals surface area contributed by atoms with Crippen LogP contribution in [0.1, 0.15) is 5.89 Å². The summed E-state index contributed by atoms with van der Waals surface area (Å²) < 4.78 is 51.3. The number of rotatable bonds is 6. The predicted molar refractivity (Wildman–Crippen MR) is 91.7 cm³/mol. The van der Waals surface area contributed by atoms with Crippen LogP contribution in [0.15, 0.2) is 51.8 Å². The quantitative estimate of drug-likeness (QED) is 0.687. The zero-order valence-electron chi connectivity index (χ0n) is 13.4. The topological polar surface area (TPSA) is 94.3 Å². The Morgan fingerprint density at radius 1 is 1.23 bits per heavy atom. The van der Waals surface area contributed by atoms with Crippen LogP contribution in [0.2, 0.25) is 5.02 Å². The van der Waals surface area contributed by atoms with E-state index >= 15 is 0 Å². The van der Waals surface area contributed by atoms with E-state index in [2.05, 4.69) is 14.9 Å². The number of sulfonamides is 1. The summed E-state index contributed by atoms with van der Waals surface area (Å²) in [4.78, 5) is -0.124. The predicted octanol–water partition coefficient (Wildman–Crippen LogP) is 3.02. The maximum Gasteiger partial charge on any atom is 0.250 e. The first-order chi connectivity index (χ1) is 12.4. The number of benzene rings is 2. The summed E-state index contributed by atoms with van der Waals surface area (Å²) in [5, 5.41) is 7.70. The van der Waals surface area contributed by atoms with Crippen LogP contribution in [0.3, 0.4) is 0 Å². The Kier molecular flexibility index (Phi) is 5.21. The second-order valence-electron chi connectivity index (χ2n) is 5.10. The highest BCUT2D eigenvalue weighted by molar-refractivity contribution is 7.89.